The maximum Gasteiger partial charge on any atom is 0.132 e. The van der Waals surface area contributed by atoms with Crippen molar-refractivity contribution in [2.75, 3.05) is 0 Å². The van der Waals surface area contributed by atoms with Gasteiger partial charge < -0.3 is 4.74 Å². The van der Waals surface area contributed by atoms with Crippen molar-refractivity contribution in [3.05, 3.63) is 215 Å². The first-order chi connectivity index (χ1) is 24.7. The number of benzene rings is 8. The van der Waals surface area contributed by atoms with Gasteiger partial charge in [-0.3, -0.25) is 0 Å². The van der Waals surface area contributed by atoms with Crippen molar-refractivity contribution >= 4 is 10.8 Å². The monoisotopic (exact) mass is 636 g/mol. The molecule has 8 aromatic rings. The van der Waals surface area contributed by atoms with Crippen LogP contribution in [0.15, 0.2) is 176 Å². The molecule has 234 valence electrons. The minimum Gasteiger partial charge on any atom is -0.457 e. The Morgan fingerprint density at radius 1 is 0.360 bits per heavy atom. The Hall–Kier alpha value is -6.18. The van der Waals surface area contributed by atoms with E-state index in [2.05, 4.69) is 183 Å². The van der Waals surface area contributed by atoms with Crippen LogP contribution in [0.1, 0.15) is 45.9 Å². The van der Waals surface area contributed by atoms with Gasteiger partial charge in [0.2, 0.25) is 0 Å². The van der Waals surface area contributed by atoms with Gasteiger partial charge in [-0.15, -0.1) is 0 Å². The van der Waals surface area contributed by atoms with Gasteiger partial charge >= 0.3 is 0 Å². The van der Waals surface area contributed by atoms with Crippen molar-refractivity contribution in [2.24, 2.45) is 0 Å². The molecule has 0 aromatic heterocycles. The SMILES string of the molecule is CC1(c2ccccc2)c2ccccc2-c2cc(-c3ccc4c(c3)C3(c5cc6ccccc6cc5O4)c4ccccc4-c4ccccc43)ccc21. The van der Waals surface area contributed by atoms with Gasteiger partial charge in [-0.1, -0.05) is 146 Å². The van der Waals surface area contributed by atoms with E-state index in [9.17, 15) is 0 Å². The summed E-state index contributed by atoms with van der Waals surface area (Å²) < 4.78 is 6.89. The quantitative estimate of drug-likeness (QED) is 0.183. The van der Waals surface area contributed by atoms with Crippen LogP contribution in [0.5, 0.6) is 11.5 Å². The highest BCUT2D eigenvalue weighted by atomic mass is 16.5. The predicted molar refractivity (Wildman–Crippen MR) is 204 cm³/mol. The van der Waals surface area contributed by atoms with E-state index in [1.807, 2.05) is 0 Å². The Labute approximate surface area is 292 Å². The van der Waals surface area contributed by atoms with E-state index in [-0.39, 0.29) is 5.41 Å². The van der Waals surface area contributed by atoms with E-state index in [0.29, 0.717) is 0 Å². The molecule has 0 bridgehead atoms. The standard InChI is InChI=1S/C49H32O/c1-48(35-15-3-2-4-16-35)40-20-10-7-19-38(40)39-27-33(23-25-41(39)48)34-24-26-46-44(29-34)49(45-28-31-13-5-6-14-32(31)30-47(45)50-46)42-21-11-8-17-36(42)37-18-9-12-22-43(37)49/h2-30H,1H3. The van der Waals surface area contributed by atoms with Gasteiger partial charge in [0, 0.05) is 16.5 Å². The molecule has 0 N–H and O–H groups in total. The first-order valence-electron chi connectivity index (χ1n) is 17.5. The second-order valence-electron chi connectivity index (χ2n) is 14.1. The average molecular weight is 637 g/mol. The fourth-order valence-electron chi connectivity index (χ4n) is 9.53. The van der Waals surface area contributed by atoms with Crippen LogP contribution in [0.25, 0.3) is 44.2 Å². The molecule has 1 atom stereocenters. The van der Waals surface area contributed by atoms with Crippen LogP contribution < -0.4 is 4.74 Å². The molecule has 8 aromatic carbocycles. The normalized spacial score (nSPS) is 16.9. The molecule has 50 heavy (non-hydrogen) atoms. The molecule has 1 heteroatoms. The van der Waals surface area contributed by atoms with Crippen LogP contribution in [0.3, 0.4) is 0 Å². The van der Waals surface area contributed by atoms with E-state index >= 15 is 0 Å². The lowest BCUT2D eigenvalue weighted by atomic mass is 9.65. The van der Waals surface area contributed by atoms with Gasteiger partial charge in [0.05, 0.1) is 5.41 Å². The van der Waals surface area contributed by atoms with Crippen LogP contribution >= 0.6 is 0 Å². The van der Waals surface area contributed by atoms with Crippen LogP contribution in [-0.4, -0.2) is 0 Å². The number of hydrogen-bond acceptors (Lipinski definition) is 1. The molecule has 1 unspecified atom stereocenters. The lowest BCUT2D eigenvalue weighted by Gasteiger charge is -2.40. The molecule has 0 radical (unpaired) electrons. The number of hydrogen-bond donors (Lipinski definition) is 0. The fraction of sp³-hybridized carbons (Fsp3) is 0.0612. The highest BCUT2D eigenvalue weighted by Gasteiger charge is 2.51. The molecule has 1 aliphatic heterocycles. The Morgan fingerprint density at radius 3 is 1.60 bits per heavy atom. The third-order valence-corrected chi connectivity index (χ3v) is 11.8. The minimum atomic E-state index is -0.522. The van der Waals surface area contributed by atoms with Crippen LogP contribution in [0, 0.1) is 0 Å². The minimum absolute atomic E-state index is 0.219. The smallest absolute Gasteiger partial charge is 0.132 e. The molecule has 0 saturated heterocycles. The predicted octanol–water partition coefficient (Wildman–Crippen LogP) is 12.3. The Balaban J connectivity index is 1.17. The molecule has 1 nitrogen and oxygen atoms in total. The molecule has 3 aliphatic rings. The molecule has 11 rings (SSSR count). The zero-order chi connectivity index (χ0) is 33.0. The summed E-state index contributed by atoms with van der Waals surface area (Å²) in [6.45, 7) is 2.38. The average Bonchev–Trinajstić information content (AvgIpc) is 3.62. The van der Waals surface area contributed by atoms with Gasteiger partial charge in [0.25, 0.3) is 0 Å². The van der Waals surface area contributed by atoms with Gasteiger partial charge in [0.15, 0.2) is 0 Å². The lowest BCUT2D eigenvalue weighted by molar-refractivity contribution is 0.437. The first kappa shape index (κ1) is 27.7. The number of ether oxygens (including phenoxy) is 1. The largest absolute Gasteiger partial charge is 0.457 e. The maximum atomic E-state index is 6.89. The summed E-state index contributed by atoms with van der Waals surface area (Å²) in [6, 6.07) is 65.0. The van der Waals surface area contributed by atoms with Crippen LogP contribution in [0.4, 0.5) is 0 Å². The fourth-order valence-corrected chi connectivity index (χ4v) is 9.53. The summed E-state index contributed by atoms with van der Waals surface area (Å²) in [6.07, 6.45) is 0. The lowest BCUT2D eigenvalue weighted by Crippen LogP contribution is -2.32. The summed E-state index contributed by atoms with van der Waals surface area (Å²) in [5.41, 5.74) is 15.9. The molecule has 0 fully saturated rings. The number of rotatable bonds is 2. The van der Waals surface area contributed by atoms with Gasteiger partial charge in [0.1, 0.15) is 11.5 Å². The van der Waals surface area contributed by atoms with Crippen molar-refractivity contribution in [1.82, 2.24) is 0 Å². The van der Waals surface area contributed by atoms with E-state index in [4.69, 9.17) is 4.74 Å². The third kappa shape index (κ3) is 3.46. The topological polar surface area (TPSA) is 9.23 Å². The van der Waals surface area contributed by atoms with E-state index in [1.165, 1.54) is 83.1 Å². The summed E-state index contributed by atoms with van der Waals surface area (Å²) in [5, 5.41) is 2.40. The highest BCUT2D eigenvalue weighted by molar-refractivity contribution is 5.93. The van der Waals surface area contributed by atoms with Gasteiger partial charge in [-0.2, -0.15) is 0 Å². The van der Waals surface area contributed by atoms with Crippen molar-refractivity contribution in [2.45, 2.75) is 17.8 Å². The molecule has 0 saturated carbocycles. The zero-order valence-electron chi connectivity index (χ0n) is 27.7. The van der Waals surface area contributed by atoms with Crippen molar-refractivity contribution in [3.63, 3.8) is 0 Å². The zero-order valence-corrected chi connectivity index (χ0v) is 27.7. The van der Waals surface area contributed by atoms with Crippen molar-refractivity contribution in [1.29, 1.82) is 0 Å². The van der Waals surface area contributed by atoms with E-state index in [1.54, 1.807) is 0 Å². The number of fused-ring (bicyclic) bond motifs is 13. The molecular weight excluding hydrogens is 605 g/mol. The summed E-state index contributed by atoms with van der Waals surface area (Å²) >= 11 is 0. The molecule has 1 heterocycles. The van der Waals surface area contributed by atoms with Crippen molar-refractivity contribution in [3.8, 4) is 44.9 Å². The molecule has 1 spiro atoms. The van der Waals surface area contributed by atoms with Crippen molar-refractivity contribution < 1.29 is 4.74 Å². The van der Waals surface area contributed by atoms with Gasteiger partial charge in [-0.05, 0) is 109 Å². The maximum absolute atomic E-state index is 6.89. The van der Waals surface area contributed by atoms with E-state index < -0.39 is 5.41 Å². The highest BCUT2D eigenvalue weighted by Crippen LogP contribution is 2.63. The summed E-state index contributed by atoms with van der Waals surface area (Å²) in [5.74, 6) is 1.83. The Kier molecular flexibility index (Phi) is 5.51. The Morgan fingerprint density at radius 2 is 0.880 bits per heavy atom. The summed E-state index contributed by atoms with van der Waals surface area (Å²) in [4.78, 5) is 0. The molecule has 0 amide bonds. The second kappa shape index (κ2) is 9.94. The van der Waals surface area contributed by atoms with Crippen LogP contribution in [0.2, 0.25) is 0 Å². The van der Waals surface area contributed by atoms with Gasteiger partial charge in [-0.25, -0.2) is 0 Å². The molecular formula is C49H32O. The van der Waals surface area contributed by atoms with E-state index in [0.717, 1.165) is 11.5 Å². The molecule has 2 aliphatic carbocycles. The summed E-state index contributed by atoms with van der Waals surface area (Å²) in [7, 11) is 0. The second-order valence-corrected chi connectivity index (χ2v) is 14.1. The third-order valence-electron chi connectivity index (χ3n) is 11.8. The first-order valence-corrected chi connectivity index (χ1v) is 17.5. The Bertz CT molecular complexity index is 2660. The van der Waals surface area contributed by atoms with Crippen LogP contribution in [-0.2, 0) is 10.8 Å².